The molecule has 0 atom stereocenters. The summed E-state index contributed by atoms with van der Waals surface area (Å²) in [6.45, 7) is 3.76. The minimum atomic E-state index is -0.310. The molecule has 1 aliphatic heterocycles. The Bertz CT molecular complexity index is 1790. The molecule has 42 heavy (non-hydrogen) atoms. The molecule has 5 heteroatoms. The number of carbonyl (C=O) groups is 2. The molecule has 5 nitrogen and oxygen atoms in total. The molecular weight excluding hydrogens is 518 g/mol. The van der Waals surface area contributed by atoms with E-state index in [4.69, 9.17) is 0 Å². The molecule has 0 saturated heterocycles. The Labute approximate surface area is 246 Å². The Morgan fingerprint density at radius 3 is 1.90 bits per heavy atom. The number of rotatable bonds is 8. The van der Waals surface area contributed by atoms with Crippen LogP contribution in [0.5, 0.6) is 0 Å². The molecule has 0 fully saturated rings. The summed E-state index contributed by atoms with van der Waals surface area (Å²) in [4.78, 5) is 31.1. The van der Waals surface area contributed by atoms with E-state index in [1.165, 1.54) is 4.90 Å². The van der Waals surface area contributed by atoms with Crippen molar-refractivity contribution in [3.8, 4) is 0 Å². The van der Waals surface area contributed by atoms with Gasteiger partial charge in [0.15, 0.2) is 0 Å². The monoisotopic (exact) mass is 551 g/mol. The number of hydrogen-bond donors (Lipinski definition) is 1. The molecule has 0 unspecified atom stereocenters. The van der Waals surface area contributed by atoms with Crippen molar-refractivity contribution >= 4 is 45.1 Å². The molecule has 5 aromatic carbocycles. The summed E-state index contributed by atoms with van der Waals surface area (Å²) in [6.07, 6.45) is 0. The Kier molecular flexibility index (Phi) is 7.43. The number of benzene rings is 5. The second kappa shape index (κ2) is 11.5. The molecule has 0 aliphatic carbocycles. The first-order chi connectivity index (χ1) is 20.4. The van der Waals surface area contributed by atoms with Gasteiger partial charge in [-0.05, 0) is 79.2 Å². The van der Waals surface area contributed by atoms with Gasteiger partial charge in [-0.15, -0.1) is 0 Å². The van der Waals surface area contributed by atoms with Crippen molar-refractivity contribution in [2.45, 2.75) is 6.92 Å². The Balaban J connectivity index is 1.37. The molecule has 208 valence electrons. The highest BCUT2D eigenvalue weighted by Crippen LogP contribution is 2.37. The van der Waals surface area contributed by atoms with Crippen molar-refractivity contribution in [3.05, 3.63) is 143 Å². The zero-order valence-corrected chi connectivity index (χ0v) is 24.1. The molecular formula is C37H33N3O2. The van der Waals surface area contributed by atoms with Gasteiger partial charge >= 0.3 is 0 Å². The van der Waals surface area contributed by atoms with Crippen molar-refractivity contribution in [2.75, 3.05) is 37.4 Å². The lowest BCUT2D eigenvalue weighted by Gasteiger charge is -2.28. The van der Waals surface area contributed by atoms with Crippen LogP contribution in [0.25, 0.3) is 21.9 Å². The van der Waals surface area contributed by atoms with Gasteiger partial charge in [-0.25, -0.2) is 4.90 Å². The summed E-state index contributed by atoms with van der Waals surface area (Å²) < 4.78 is 0. The fraction of sp³-hybridized carbons (Fsp3) is 0.135. The highest BCUT2D eigenvalue weighted by atomic mass is 16.2. The minimum absolute atomic E-state index is 0.310. The average Bonchev–Trinajstić information content (AvgIpc) is 3.02. The third-order valence-electron chi connectivity index (χ3n) is 7.84. The van der Waals surface area contributed by atoms with E-state index in [9.17, 15) is 9.59 Å². The van der Waals surface area contributed by atoms with Crippen LogP contribution in [0.4, 0.5) is 11.4 Å². The van der Waals surface area contributed by atoms with Gasteiger partial charge in [-0.2, -0.15) is 0 Å². The van der Waals surface area contributed by atoms with Gasteiger partial charge in [-0.3, -0.25) is 9.59 Å². The molecule has 2 amide bonds. The smallest absolute Gasteiger partial charge is 0.265 e. The molecule has 5 aromatic rings. The fourth-order valence-corrected chi connectivity index (χ4v) is 5.71. The number of allylic oxidation sites excluding steroid dienone is 1. The van der Waals surface area contributed by atoms with E-state index in [-0.39, 0.29) is 11.8 Å². The fourth-order valence-electron chi connectivity index (χ4n) is 5.71. The first-order valence-corrected chi connectivity index (χ1v) is 14.2. The van der Waals surface area contributed by atoms with Gasteiger partial charge < -0.3 is 10.2 Å². The van der Waals surface area contributed by atoms with Gasteiger partial charge in [0.2, 0.25) is 0 Å². The molecule has 0 saturated carbocycles. The number of imide groups is 1. The average molecular weight is 552 g/mol. The number of amides is 2. The lowest BCUT2D eigenvalue weighted by atomic mass is 9.90. The normalized spacial score (nSPS) is 13.5. The van der Waals surface area contributed by atoms with E-state index in [0.717, 1.165) is 52.0 Å². The largest absolute Gasteiger partial charge is 0.383 e. The maximum atomic E-state index is 13.8. The van der Waals surface area contributed by atoms with E-state index in [1.54, 1.807) is 0 Å². The van der Waals surface area contributed by atoms with Crippen molar-refractivity contribution in [3.63, 3.8) is 0 Å². The molecule has 0 bridgehead atoms. The Hall–Kier alpha value is -5.00. The van der Waals surface area contributed by atoms with Crippen LogP contribution in [-0.4, -0.2) is 43.9 Å². The lowest BCUT2D eigenvalue weighted by molar-refractivity contribution is 0.0893. The highest BCUT2D eigenvalue weighted by molar-refractivity contribution is 6.36. The first-order valence-electron chi connectivity index (χ1n) is 14.2. The molecule has 1 aliphatic rings. The molecule has 1 N–H and O–H groups in total. The summed E-state index contributed by atoms with van der Waals surface area (Å²) in [7, 11) is 4.06. The second-order valence-electron chi connectivity index (χ2n) is 10.8. The van der Waals surface area contributed by atoms with Crippen LogP contribution in [0.15, 0.2) is 115 Å². The van der Waals surface area contributed by atoms with E-state index in [2.05, 4.69) is 41.4 Å². The standard InChI is InChI=1S/C37H33N3O2/c1-25(26-11-6-4-7-12-26)34(27-13-8-5-9-14-27)28-17-19-29(20-18-28)40-36(41)31-16-10-15-30-33(38-23-24-39(2)3)22-21-32(35(30)31)37(40)42/h4-22,38H,23-24H2,1-3H3/b34-25+. The minimum Gasteiger partial charge on any atom is -0.383 e. The van der Waals surface area contributed by atoms with Crippen LogP contribution in [-0.2, 0) is 0 Å². The van der Waals surface area contributed by atoms with Crippen LogP contribution < -0.4 is 10.2 Å². The zero-order chi connectivity index (χ0) is 29.2. The topological polar surface area (TPSA) is 52.7 Å². The molecule has 1 heterocycles. The van der Waals surface area contributed by atoms with Crippen molar-refractivity contribution in [1.29, 1.82) is 0 Å². The van der Waals surface area contributed by atoms with Crippen LogP contribution in [0.3, 0.4) is 0 Å². The predicted molar refractivity (Wildman–Crippen MR) is 173 cm³/mol. The first kappa shape index (κ1) is 27.2. The number of anilines is 2. The maximum absolute atomic E-state index is 13.8. The summed E-state index contributed by atoms with van der Waals surface area (Å²) in [6, 6.07) is 37.8. The van der Waals surface area contributed by atoms with E-state index in [0.29, 0.717) is 22.2 Å². The molecule has 0 radical (unpaired) electrons. The van der Waals surface area contributed by atoms with Crippen molar-refractivity contribution < 1.29 is 9.59 Å². The maximum Gasteiger partial charge on any atom is 0.265 e. The number of nitrogens with one attached hydrogen (secondary N) is 1. The van der Waals surface area contributed by atoms with Crippen LogP contribution in [0.2, 0.25) is 0 Å². The summed E-state index contributed by atoms with van der Waals surface area (Å²) >= 11 is 0. The number of hydrogen-bond acceptors (Lipinski definition) is 4. The van der Waals surface area contributed by atoms with Gasteiger partial charge in [-0.1, -0.05) is 84.9 Å². The van der Waals surface area contributed by atoms with Gasteiger partial charge in [0.05, 0.1) is 5.69 Å². The summed E-state index contributed by atoms with van der Waals surface area (Å²) in [5.74, 6) is -0.619. The highest BCUT2D eigenvalue weighted by Gasteiger charge is 2.34. The Morgan fingerprint density at radius 1 is 0.667 bits per heavy atom. The van der Waals surface area contributed by atoms with Crippen LogP contribution >= 0.6 is 0 Å². The third kappa shape index (κ3) is 5.00. The predicted octanol–water partition coefficient (Wildman–Crippen LogP) is 7.59. The number of carbonyl (C=O) groups excluding carboxylic acids is 2. The van der Waals surface area contributed by atoms with Crippen LogP contribution in [0.1, 0.15) is 44.3 Å². The van der Waals surface area contributed by atoms with Gasteiger partial charge in [0, 0.05) is 40.7 Å². The lowest BCUT2D eigenvalue weighted by Crippen LogP contribution is -2.40. The quantitative estimate of drug-likeness (QED) is 0.159. The number of likely N-dealkylation sites (N-methyl/N-ethyl adjacent to an activating group) is 1. The number of nitrogens with zero attached hydrogens (tertiary/aromatic N) is 2. The van der Waals surface area contributed by atoms with Gasteiger partial charge in [0.1, 0.15) is 0 Å². The summed E-state index contributed by atoms with van der Waals surface area (Å²) in [5, 5.41) is 5.06. The summed E-state index contributed by atoms with van der Waals surface area (Å²) in [5.41, 5.74) is 8.05. The van der Waals surface area contributed by atoms with Crippen molar-refractivity contribution in [1.82, 2.24) is 4.90 Å². The van der Waals surface area contributed by atoms with Crippen molar-refractivity contribution in [2.24, 2.45) is 0 Å². The Morgan fingerprint density at radius 2 is 1.26 bits per heavy atom. The SMILES string of the molecule is C/C(=C(/c1ccccc1)c1ccc(N2C(=O)c3cccc4c(NCCN(C)C)ccc(c34)C2=O)cc1)c1ccccc1. The second-order valence-corrected chi connectivity index (χ2v) is 10.8. The zero-order valence-electron chi connectivity index (χ0n) is 24.1. The molecule has 0 aromatic heterocycles. The molecule has 6 rings (SSSR count). The van der Waals surface area contributed by atoms with E-state index < -0.39 is 0 Å². The van der Waals surface area contributed by atoms with E-state index in [1.807, 2.05) is 105 Å². The van der Waals surface area contributed by atoms with Gasteiger partial charge in [0.25, 0.3) is 11.8 Å². The molecule has 0 spiro atoms. The third-order valence-corrected chi connectivity index (χ3v) is 7.84. The van der Waals surface area contributed by atoms with E-state index >= 15 is 0 Å². The van der Waals surface area contributed by atoms with Crippen LogP contribution in [0, 0.1) is 0 Å².